The van der Waals surface area contributed by atoms with Crippen LogP contribution in [0.5, 0.6) is 0 Å². The molecule has 298 valence electrons. The zero-order valence-electron chi connectivity index (χ0n) is 31.6. The first kappa shape index (κ1) is 47.6. The van der Waals surface area contributed by atoms with Crippen LogP contribution in [0.25, 0.3) is 0 Å². The molecule has 0 spiro atoms. The molecule has 0 aromatic heterocycles. The number of phosphoric acid groups is 1. The molecule has 1 amide bonds. The molecule has 0 aliphatic carbocycles. The number of unbranched alkanes of at least 4 members (excludes halogenated alkanes) is 15. The molecule has 0 radical (unpaired) electrons. The summed E-state index contributed by atoms with van der Waals surface area (Å²) in [6.07, 6.45) is 17.3. The Morgan fingerprint density at radius 3 is 1.80 bits per heavy atom. The van der Waals surface area contributed by atoms with Crippen molar-refractivity contribution in [3.05, 3.63) is 25.3 Å². The number of carbonyl (C=O) groups is 2. The molecule has 51 heavy (non-hydrogen) atoms. The maximum Gasteiger partial charge on any atom is 0.475 e. The average molecular weight is 748 g/mol. The van der Waals surface area contributed by atoms with E-state index in [9.17, 15) is 24.4 Å². The molecular formula is C38H70NO11P. The number of aliphatic hydroxyl groups excluding tert-OH is 2. The minimum atomic E-state index is -3.95. The third-order valence-corrected chi connectivity index (χ3v) is 10.2. The lowest BCUT2D eigenvalue weighted by Crippen LogP contribution is -2.65. The SMILES string of the molecule is C=CCOP(=O)(OCC=C)OCCO[C@H]1O[C@H](CO)[C@@H](O)[C@H](OCCCCCCCCCC)[C@@H]1NC(=O)CC(=O)CCCCCCCCCCC. The van der Waals surface area contributed by atoms with Gasteiger partial charge in [0.1, 0.15) is 30.1 Å². The van der Waals surface area contributed by atoms with Crippen molar-refractivity contribution in [1.29, 1.82) is 0 Å². The van der Waals surface area contributed by atoms with E-state index >= 15 is 0 Å². The monoisotopic (exact) mass is 747 g/mol. The van der Waals surface area contributed by atoms with Crippen LogP contribution in [0.2, 0.25) is 0 Å². The van der Waals surface area contributed by atoms with Gasteiger partial charge in [-0.05, 0) is 12.8 Å². The van der Waals surface area contributed by atoms with Gasteiger partial charge >= 0.3 is 7.82 Å². The second kappa shape index (κ2) is 30.9. The smallest absolute Gasteiger partial charge is 0.394 e. The van der Waals surface area contributed by atoms with Gasteiger partial charge in [-0.1, -0.05) is 122 Å². The summed E-state index contributed by atoms with van der Waals surface area (Å²) < 4.78 is 46.6. The van der Waals surface area contributed by atoms with Gasteiger partial charge in [0.05, 0.1) is 39.5 Å². The molecule has 1 fully saturated rings. The molecule has 1 heterocycles. The van der Waals surface area contributed by atoms with Crippen molar-refractivity contribution in [1.82, 2.24) is 5.32 Å². The summed E-state index contributed by atoms with van der Waals surface area (Å²) in [7, 11) is -3.95. The van der Waals surface area contributed by atoms with Crippen LogP contribution in [0.3, 0.4) is 0 Å². The molecule has 5 atom stereocenters. The molecule has 0 bridgehead atoms. The van der Waals surface area contributed by atoms with Gasteiger partial charge in [0.15, 0.2) is 6.29 Å². The lowest BCUT2D eigenvalue weighted by molar-refractivity contribution is -0.278. The number of Topliss-reactive ketones (excluding diaryl/α,β-unsaturated/α-hetero) is 1. The third kappa shape index (κ3) is 22.4. The number of ketones is 1. The van der Waals surface area contributed by atoms with Gasteiger partial charge in [0.2, 0.25) is 5.91 Å². The highest BCUT2D eigenvalue weighted by Crippen LogP contribution is 2.49. The van der Waals surface area contributed by atoms with Crippen LogP contribution in [0.1, 0.15) is 136 Å². The lowest BCUT2D eigenvalue weighted by Gasteiger charge is -2.44. The minimum absolute atomic E-state index is 0.0685. The maximum absolute atomic E-state index is 13.2. The van der Waals surface area contributed by atoms with Crippen LogP contribution in [-0.4, -0.2) is 92.2 Å². The third-order valence-electron chi connectivity index (χ3n) is 8.72. The minimum Gasteiger partial charge on any atom is -0.394 e. The maximum atomic E-state index is 13.2. The van der Waals surface area contributed by atoms with Gasteiger partial charge in [-0.3, -0.25) is 23.2 Å². The predicted molar refractivity (Wildman–Crippen MR) is 199 cm³/mol. The number of rotatable bonds is 35. The van der Waals surface area contributed by atoms with Crippen LogP contribution >= 0.6 is 7.82 Å². The number of carbonyl (C=O) groups excluding carboxylic acids is 2. The molecular weight excluding hydrogens is 677 g/mol. The van der Waals surface area contributed by atoms with E-state index in [-0.39, 0.29) is 38.6 Å². The molecule has 12 nitrogen and oxygen atoms in total. The van der Waals surface area contributed by atoms with Crippen molar-refractivity contribution < 1.29 is 52.1 Å². The van der Waals surface area contributed by atoms with Gasteiger partial charge in [-0.2, -0.15) is 0 Å². The van der Waals surface area contributed by atoms with Crippen molar-refractivity contribution in [3.63, 3.8) is 0 Å². The summed E-state index contributed by atoms with van der Waals surface area (Å²) in [5, 5.41) is 23.9. The first-order valence-corrected chi connectivity index (χ1v) is 20.9. The van der Waals surface area contributed by atoms with Gasteiger partial charge in [0.25, 0.3) is 0 Å². The van der Waals surface area contributed by atoms with E-state index in [4.69, 9.17) is 27.8 Å². The van der Waals surface area contributed by atoms with Gasteiger partial charge in [-0.15, -0.1) is 13.2 Å². The lowest BCUT2D eigenvalue weighted by atomic mass is 9.96. The number of aliphatic hydroxyl groups is 2. The first-order valence-electron chi connectivity index (χ1n) is 19.5. The van der Waals surface area contributed by atoms with E-state index in [1.54, 1.807) is 0 Å². The topological polar surface area (TPSA) is 159 Å². The quantitative estimate of drug-likeness (QED) is 0.0255. The molecule has 1 aliphatic heterocycles. The highest BCUT2D eigenvalue weighted by Gasteiger charge is 2.47. The summed E-state index contributed by atoms with van der Waals surface area (Å²) in [5.74, 6) is -0.706. The highest BCUT2D eigenvalue weighted by atomic mass is 31.2. The van der Waals surface area contributed by atoms with Gasteiger partial charge in [-0.25, -0.2) is 4.57 Å². The molecule has 0 aromatic carbocycles. The van der Waals surface area contributed by atoms with Crippen molar-refractivity contribution >= 4 is 19.5 Å². The van der Waals surface area contributed by atoms with Crippen LogP contribution in [0.15, 0.2) is 25.3 Å². The van der Waals surface area contributed by atoms with E-state index < -0.39 is 51.0 Å². The molecule has 0 saturated carbocycles. The van der Waals surface area contributed by atoms with Crippen molar-refractivity contribution in [2.75, 3.05) is 39.6 Å². The number of amides is 1. The van der Waals surface area contributed by atoms with Gasteiger partial charge in [0, 0.05) is 13.0 Å². The van der Waals surface area contributed by atoms with Crippen molar-refractivity contribution in [2.24, 2.45) is 0 Å². The second-order valence-electron chi connectivity index (χ2n) is 13.2. The fourth-order valence-electron chi connectivity index (χ4n) is 5.87. The summed E-state index contributed by atoms with van der Waals surface area (Å²) >= 11 is 0. The Kier molecular flexibility index (Phi) is 28.8. The Morgan fingerprint density at radius 1 is 0.745 bits per heavy atom. The standard InChI is InChI=1S/C38H70NO11P/c1-5-9-11-13-15-17-18-20-22-24-32(41)30-34(42)39-35-37(45-27-23-21-19-16-14-12-10-6-2)36(43)33(31-40)50-38(35)46-28-29-49-51(44,47-25-7-3)48-26-8-4/h7-8,33,35-38,40,43H,3-6,9-31H2,1-2H3,(H,39,42)/t33-,35+,36-,37-,38+/m1/s1. The first-order chi connectivity index (χ1) is 24.7. The van der Waals surface area contributed by atoms with E-state index in [1.807, 2.05) is 0 Å². The number of ether oxygens (including phenoxy) is 3. The van der Waals surface area contributed by atoms with Crippen LogP contribution < -0.4 is 5.32 Å². The summed E-state index contributed by atoms with van der Waals surface area (Å²) in [4.78, 5) is 25.9. The van der Waals surface area contributed by atoms with E-state index in [0.29, 0.717) is 13.0 Å². The van der Waals surface area contributed by atoms with Crippen LogP contribution in [0, 0.1) is 0 Å². The van der Waals surface area contributed by atoms with Crippen molar-refractivity contribution in [2.45, 2.75) is 166 Å². The van der Waals surface area contributed by atoms with Crippen LogP contribution in [0.4, 0.5) is 0 Å². The summed E-state index contributed by atoms with van der Waals surface area (Å²) in [5.41, 5.74) is 0. The highest BCUT2D eigenvalue weighted by molar-refractivity contribution is 7.48. The molecule has 13 heteroatoms. The normalized spacial score (nSPS) is 20.7. The summed E-state index contributed by atoms with van der Waals surface area (Å²) in [6.45, 7) is 10.7. The van der Waals surface area contributed by atoms with Crippen molar-refractivity contribution in [3.8, 4) is 0 Å². The Morgan fingerprint density at radius 2 is 1.27 bits per heavy atom. The number of hydrogen-bond acceptors (Lipinski definition) is 11. The van der Waals surface area contributed by atoms with E-state index in [2.05, 4.69) is 32.3 Å². The van der Waals surface area contributed by atoms with Gasteiger partial charge < -0.3 is 29.7 Å². The fourth-order valence-corrected chi connectivity index (χ4v) is 6.97. The molecule has 1 rings (SSSR count). The largest absolute Gasteiger partial charge is 0.475 e. The van der Waals surface area contributed by atoms with E-state index in [1.165, 1.54) is 69.9 Å². The number of phosphoric ester groups is 1. The Hall–Kier alpha value is -1.47. The molecule has 1 aliphatic rings. The zero-order valence-corrected chi connectivity index (χ0v) is 32.5. The number of hydrogen-bond donors (Lipinski definition) is 3. The Balaban J connectivity index is 2.84. The predicted octanol–water partition coefficient (Wildman–Crippen LogP) is 7.50. The number of nitrogens with one attached hydrogen (secondary N) is 1. The Labute approximate surface area is 308 Å². The molecule has 1 saturated heterocycles. The summed E-state index contributed by atoms with van der Waals surface area (Å²) in [6, 6.07) is -1.01. The van der Waals surface area contributed by atoms with E-state index in [0.717, 1.165) is 51.4 Å². The Bertz CT molecular complexity index is 952. The zero-order chi connectivity index (χ0) is 37.6. The molecule has 0 aromatic rings. The average Bonchev–Trinajstić information content (AvgIpc) is 3.12. The molecule has 0 unspecified atom stereocenters. The van der Waals surface area contributed by atoms with Crippen LogP contribution in [-0.2, 0) is 41.9 Å². The fraction of sp³-hybridized carbons (Fsp3) is 0.842. The second-order valence-corrected chi connectivity index (χ2v) is 14.9. The molecule has 3 N–H and O–H groups in total.